The number of hydrogen-bond acceptors (Lipinski definition) is 10. The topological polar surface area (TPSA) is 157 Å². The molecule has 4 N–H and O–H groups in total. The molecule has 0 radical (unpaired) electrons. The SMILES string of the molecule is CCCCCCCCCCCCCCCCCCCC(=O)OCC(COC(=O)[C@@H](N)C(C)C)OCn1cnc2cnc(N)nc21. The number of nitrogens with two attached hydrogens (primary N) is 2. The van der Waals surface area contributed by atoms with E-state index in [1.54, 1.807) is 10.9 Å². The van der Waals surface area contributed by atoms with Gasteiger partial charge in [0.2, 0.25) is 5.95 Å². The minimum absolute atomic E-state index is 0.0438. The Balaban J connectivity index is 1.58. The van der Waals surface area contributed by atoms with E-state index in [1.807, 2.05) is 13.8 Å². The van der Waals surface area contributed by atoms with Gasteiger partial charge in [0.15, 0.2) is 5.65 Å². The molecule has 2 atom stereocenters. The Hall–Kier alpha value is -2.79. The van der Waals surface area contributed by atoms with Crippen molar-refractivity contribution >= 4 is 29.1 Å². The number of rotatable bonds is 27. The van der Waals surface area contributed by atoms with E-state index in [-0.39, 0.29) is 37.8 Å². The van der Waals surface area contributed by atoms with Crippen LogP contribution >= 0.6 is 0 Å². The third kappa shape index (κ3) is 16.9. The van der Waals surface area contributed by atoms with E-state index >= 15 is 0 Å². The van der Waals surface area contributed by atoms with Gasteiger partial charge >= 0.3 is 11.9 Å². The van der Waals surface area contributed by atoms with Crippen LogP contribution in [0.3, 0.4) is 0 Å². The van der Waals surface area contributed by atoms with E-state index < -0.39 is 18.1 Å². The minimum atomic E-state index is -0.745. The van der Waals surface area contributed by atoms with Crippen LogP contribution in [0, 0.1) is 5.92 Å². The highest BCUT2D eigenvalue weighted by Crippen LogP contribution is 2.15. The average Bonchev–Trinajstić information content (AvgIpc) is 3.43. The lowest BCUT2D eigenvalue weighted by atomic mass is 10.0. The number of unbranched alkanes of at least 4 members (excludes halogenated alkanes) is 16. The standard InChI is InChI=1S/C34H60N6O5/c1-4-5-6-7-8-9-10-11-12-13-14-15-16-17-18-19-20-21-30(41)43-23-28(24-44-33(42)31(35)27(2)3)45-26-40-25-38-29-22-37-34(36)39-32(29)40/h22,25,27-28,31H,4-21,23-24,26,35H2,1-3H3,(H2,36,37,39)/t28?,31-/m0/s1. The Labute approximate surface area is 270 Å². The van der Waals surface area contributed by atoms with Crippen LogP contribution in [-0.4, -0.2) is 56.8 Å². The zero-order valence-corrected chi connectivity index (χ0v) is 28.2. The van der Waals surface area contributed by atoms with Crippen molar-refractivity contribution in [3.05, 3.63) is 12.5 Å². The fraction of sp³-hybridized carbons (Fsp3) is 0.794. The first-order valence-electron chi connectivity index (χ1n) is 17.4. The Morgan fingerprint density at radius 2 is 1.33 bits per heavy atom. The van der Waals surface area contributed by atoms with E-state index in [0.29, 0.717) is 17.6 Å². The first kappa shape index (κ1) is 38.4. The summed E-state index contributed by atoms with van der Waals surface area (Å²) in [7, 11) is 0. The third-order valence-corrected chi connectivity index (χ3v) is 8.14. The lowest BCUT2D eigenvalue weighted by molar-refractivity contribution is -0.158. The van der Waals surface area contributed by atoms with Gasteiger partial charge in [-0.3, -0.25) is 14.2 Å². The normalized spacial score (nSPS) is 12.9. The second-order valence-corrected chi connectivity index (χ2v) is 12.6. The molecule has 0 amide bonds. The fourth-order valence-electron chi connectivity index (χ4n) is 5.09. The maximum Gasteiger partial charge on any atom is 0.323 e. The molecule has 11 heteroatoms. The smallest absolute Gasteiger partial charge is 0.323 e. The Kier molecular flexibility index (Phi) is 20.1. The predicted octanol–water partition coefficient (Wildman–Crippen LogP) is 6.86. The summed E-state index contributed by atoms with van der Waals surface area (Å²) in [5.74, 6) is -0.761. The van der Waals surface area contributed by atoms with Gasteiger partial charge in [-0.1, -0.05) is 124 Å². The summed E-state index contributed by atoms with van der Waals surface area (Å²) in [5, 5.41) is 0. The van der Waals surface area contributed by atoms with Crippen LogP contribution in [0.4, 0.5) is 5.95 Å². The van der Waals surface area contributed by atoms with Gasteiger partial charge in [0.05, 0.1) is 12.5 Å². The number of esters is 2. The molecule has 0 aromatic carbocycles. The lowest BCUT2D eigenvalue weighted by Crippen LogP contribution is -2.39. The summed E-state index contributed by atoms with van der Waals surface area (Å²) in [6.45, 7) is 5.85. The van der Waals surface area contributed by atoms with Crippen molar-refractivity contribution in [1.82, 2.24) is 19.5 Å². The average molecular weight is 633 g/mol. The molecule has 2 heterocycles. The second-order valence-electron chi connectivity index (χ2n) is 12.6. The zero-order chi connectivity index (χ0) is 32.7. The molecule has 0 saturated heterocycles. The van der Waals surface area contributed by atoms with Gasteiger partial charge in [-0.25, -0.2) is 9.97 Å². The first-order valence-corrected chi connectivity index (χ1v) is 17.4. The monoisotopic (exact) mass is 632 g/mol. The molecule has 2 rings (SSSR count). The third-order valence-electron chi connectivity index (χ3n) is 8.14. The molecular weight excluding hydrogens is 572 g/mol. The molecule has 45 heavy (non-hydrogen) atoms. The molecule has 0 aliphatic carbocycles. The summed E-state index contributed by atoms with van der Waals surface area (Å²) in [5.41, 5.74) is 12.7. The number of imidazole rings is 1. The Morgan fingerprint density at radius 3 is 1.89 bits per heavy atom. The van der Waals surface area contributed by atoms with Crippen LogP contribution in [0.5, 0.6) is 0 Å². The van der Waals surface area contributed by atoms with Crippen molar-refractivity contribution in [3.8, 4) is 0 Å². The van der Waals surface area contributed by atoms with Crippen molar-refractivity contribution in [2.75, 3.05) is 18.9 Å². The highest BCUT2D eigenvalue weighted by Gasteiger charge is 2.22. The molecule has 11 nitrogen and oxygen atoms in total. The quantitative estimate of drug-likeness (QED) is 0.0787. The van der Waals surface area contributed by atoms with Gasteiger partial charge in [-0.05, 0) is 12.3 Å². The number of nitrogens with zero attached hydrogens (tertiary/aromatic N) is 4. The maximum absolute atomic E-state index is 12.4. The molecule has 0 spiro atoms. The molecule has 0 bridgehead atoms. The number of ether oxygens (including phenoxy) is 3. The van der Waals surface area contributed by atoms with Crippen molar-refractivity contribution in [2.24, 2.45) is 11.7 Å². The summed E-state index contributed by atoms with van der Waals surface area (Å²) in [6, 6.07) is -0.745. The molecule has 0 aliphatic rings. The largest absolute Gasteiger partial charge is 0.463 e. The number of carbonyl (C=O) groups is 2. The lowest BCUT2D eigenvalue weighted by Gasteiger charge is -2.20. The van der Waals surface area contributed by atoms with Crippen molar-refractivity contribution in [2.45, 2.75) is 155 Å². The highest BCUT2D eigenvalue weighted by atomic mass is 16.6. The van der Waals surface area contributed by atoms with Gasteiger partial charge in [-0.15, -0.1) is 0 Å². The molecule has 0 saturated carbocycles. The maximum atomic E-state index is 12.4. The number of aromatic nitrogens is 4. The van der Waals surface area contributed by atoms with E-state index in [9.17, 15) is 9.59 Å². The Bertz CT molecular complexity index is 1080. The number of carbonyl (C=O) groups excluding carboxylic acids is 2. The molecule has 0 fully saturated rings. The Morgan fingerprint density at radius 1 is 0.800 bits per heavy atom. The molecule has 0 aliphatic heterocycles. The highest BCUT2D eigenvalue weighted by molar-refractivity contribution is 5.75. The zero-order valence-electron chi connectivity index (χ0n) is 28.2. The van der Waals surface area contributed by atoms with Gasteiger partial charge in [-0.2, -0.15) is 4.98 Å². The van der Waals surface area contributed by atoms with Crippen LogP contribution in [0.2, 0.25) is 0 Å². The number of anilines is 1. The summed E-state index contributed by atoms with van der Waals surface area (Å²) >= 11 is 0. The molecule has 256 valence electrons. The minimum Gasteiger partial charge on any atom is -0.463 e. The van der Waals surface area contributed by atoms with Crippen LogP contribution in [0.1, 0.15) is 136 Å². The van der Waals surface area contributed by atoms with Crippen molar-refractivity contribution < 1.29 is 23.8 Å². The number of hydrogen-bond donors (Lipinski definition) is 2. The van der Waals surface area contributed by atoms with Crippen molar-refractivity contribution in [1.29, 1.82) is 0 Å². The van der Waals surface area contributed by atoms with Crippen LogP contribution in [0.15, 0.2) is 12.5 Å². The first-order chi connectivity index (χ1) is 21.8. The van der Waals surface area contributed by atoms with Gasteiger partial charge in [0, 0.05) is 6.42 Å². The predicted molar refractivity (Wildman–Crippen MR) is 178 cm³/mol. The second kappa shape index (κ2) is 23.5. The van der Waals surface area contributed by atoms with E-state index in [0.717, 1.165) is 19.3 Å². The van der Waals surface area contributed by atoms with Crippen LogP contribution in [0.25, 0.3) is 11.2 Å². The van der Waals surface area contributed by atoms with E-state index in [2.05, 4.69) is 21.9 Å². The van der Waals surface area contributed by atoms with Crippen LogP contribution in [-0.2, 0) is 30.5 Å². The molecule has 1 unspecified atom stereocenters. The van der Waals surface area contributed by atoms with Crippen LogP contribution < -0.4 is 11.5 Å². The van der Waals surface area contributed by atoms with Crippen molar-refractivity contribution in [3.63, 3.8) is 0 Å². The van der Waals surface area contributed by atoms with Gasteiger partial charge in [0.25, 0.3) is 0 Å². The van der Waals surface area contributed by atoms with Gasteiger partial charge < -0.3 is 25.7 Å². The molecular formula is C34H60N6O5. The summed E-state index contributed by atoms with van der Waals surface area (Å²) in [4.78, 5) is 37.1. The molecule has 2 aromatic heterocycles. The fourth-order valence-corrected chi connectivity index (χ4v) is 5.09. The van der Waals surface area contributed by atoms with Gasteiger partial charge in [0.1, 0.15) is 37.6 Å². The number of nitrogen functional groups attached to an aromatic ring is 1. The van der Waals surface area contributed by atoms with E-state index in [4.69, 9.17) is 25.7 Å². The summed E-state index contributed by atoms with van der Waals surface area (Å²) in [6.07, 6.45) is 24.7. The van der Waals surface area contributed by atoms with E-state index in [1.165, 1.54) is 96.1 Å². The number of fused-ring (bicyclic) bond motifs is 1. The summed E-state index contributed by atoms with van der Waals surface area (Å²) < 4.78 is 18.5. The molecule has 2 aromatic rings.